The molecule has 2 rings (SSSR count). The van der Waals surface area contributed by atoms with Crippen LogP contribution in [0, 0.1) is 6.92 Å². The monoisotopic (exact) mass is 341 g/mol. The summed E-state index contributed by atoms with van der Waals surface area (Å²) >= 11 is 1.58. The van der Waals surface area contributed by atoms with Gasteiger partial charge in [0.2, 0.25) is 5.91 Å². The fourth-order valence-corrected chi connectivity index (χ4v) is 3.15. The molecule has 0 aliphatic rings. The Labute approximate surface area is 150 Å². The van der Waals surface area contributed by atoms with Gasteiger partial charge >= 0.3 is 0 Å². The van der Waals surface area contributed by atoms with E-state index in [-0.39, 0.29) is 5.91 Å². The summed E-state index contributed by atoms with van der Waals surface area (Å²) in [5.74, 6) is 1.16. The van der Waals surface area contributed by atoms with Crippen LogP contribution in [-0.4, -0.2) is 18.2 Å². The number of amides is 1. The van der Waals surface area contributed by atoms with Crippen LogP contribution in [0.5, 0.6) is 0 Å². The van der Waals surface area contributed by atoms with Crippen LogP contribution in [0.15, 0.2) is 53.4 Å². The smallest absolute Gasteiger partial charge is 0.230 e. The van der Waals surface area contributed by atoms with Crippen LogP contribution >= 0.6 is 11.8 Å². The zero-order valence-corrected chi connectivity index (χ0v) is 15.7. The molecule has 0 saturated carbocycles. The number of benzene rings is 2. The Balaban J connectivity index is 1.63. The first-order valence-corrected chi connectivity index (χ1v) is 9.58. The van der Waals surface area contributed by atoms with E-state index in [1.165, 1.54) is 16.7 Å². The summed E-state index contributed by atoms with van der Waals surface area (Å²) in [6.07, 6.45) is 1.98. The molecular weight excluding hydrogens is 314 g/mol. The van der Waals surface area contributed by atoms with Crippen molar-refractivity contribution in [2.24, 2.45) is 0 Å². The van der Waals surface area contributed by atoms with E-state index in [2.05, 4.69) is 74.6 Å². The number of carbonyl (C=O) groups is 1. The third-order valence-electron chi connectivity index (χ3n) is 4.00. The molecule has 2 aromatic carbocycles. The van der Waals surface area contributed by atoms with Gasteiger partial charge in [0.05, 0.1) is 5.75 Å². The van der Waals surface area contributed by atoms with Crippen LogP contribution in [0.3, 0.4) is 0 Å². The zero-order chi connectivity index (χ0) is 17.4. The number of carbonyl (C=O) groups excluding carboxylic acids is 1. The summed E-state index contributed by atoms with van der Waals surface area (Å²) in [5.41, 5.74) is 3.95. The highest BCUT2D eigenvalue weighted by atomic mass is 32.2. The van der Waals surface area contributed by atoms with Crippen molar-refractivity contribution in [3.05, 3.63) is 65.2 Å². The van der Waals surface area contributed by atoms with E-state index in [1.54, 1.807) is 11.8 Å². The van der Waals surface area contributed by atoms with Crippen molar-refractivity contribution < 1.29 is 4.79 Å². The molecule has 1 N–H and O–H groups in total. The second-order valence-electron chi connectivity index (χ2n) is 6.45. The lowest BCUT2D eigenvalue weighted by Gasteiger charge is -2.08. The van der Waals surface area contributed by atoms with Crippen LogP contribution in [0.25, 0.3) is 0 Å². The molecule has 3 heteroatoms. The van der Waals surface area contributed by atoms with Crippen molar-refractivity contribution >= 4 is 17.7 Å². The quantitative estimate of drug-likeness (QED) is 0.543. The maximum absolute atomic E-state index is 11.9. The van der Waals surface area contributed by atoms with E-state index in [0.717, 1.165) is 24.3 Å². The van der Waals surface area contributed by atoms with Crippen molar-refractivity contribution in [3.63, 3.8) is 0 Å². The summed E-state index contributed by atoms with van der Waals surface area (Å²) in [6, 6.07) is 17.1. The Hall–Kier alpha value is -1.74. The first kappa shape index (κ1) is 18.6. The molecule has 2 aromatic rings. The Bertz CT molecular complexity index is 632. The van der Waals surface area contributed by atoms with Crippen molar-refractivity contribution in [1.82, 2.24) is 5.32 Å². The second-order valence-corrected chi connectivity index (χ2v) is 7.50. The van der Waals surface area contributed by atoms with E-state index >= 15 is 0 Å². The molecule has 0 unspecified atom stereocenters. The van der Waals surface area contributed by atoms with Crippen molar-refractivity contribution in [2.45, 2.75) is 44.4 Å². The molecular formula is C21H27NOS. The number of rotatable bonds is 8. The SMILES string of the molecule is Cc1ccc(SCC(=O)NCCCc2ccc(C(C)C)cc2)cc1. The van der Waals surface area contributed by atoms with Gasteiger partial charge in [-0.2, -0.15) is 0 Å². The number of nitrogens with one attached hydrogen (secondary N) is 1. The fourth-order valence-electron chi connectivity index (χ4n) is 2.42. The van der Waals surface area contributed by atoms with Gasteiger partial charge in [-0.05, 0) is 48.9 Å². The zero-order valence-electron chi connectivity index (χ0n) is 14.8. The lowest BCUT2D eigenvalue weighted by molar-refractivity contribution is -0.118. The van der Waals surface area contributed by atoms with E-state index in [0.29, 0.717) is 11.7 Å². The highest BCUT2D eigenvalue weighted by Crippen LogP contribution is 2.18. The highest BCUT2D eigenvalue weighted by Gasteiger charge is 2.03. The van der Waals surface area contributed by atoms with Gasteiger partial charge in [0.25, 0.3) is 0 Å². The molecule has 0 atom stereocenters. The molecule has 128 valence electrons. The fraction of sp³-hybridized carbons (Fsp3) is 0.381. The van der Waals surface area contributed by atoms with Gasteiger partial charge in [-0.15, -0.1) is 11.8 Å². The lowest BCUT2D eigenvalue weighted by Crippen LogP contribution is -2.26. The van der Waals surface area contributed by atoms with Crippen LogP contribution < -0.4 is 5.32 Å². The predicted molar refractivity (Wildman–Crippen MR) is 104 cm³/mol. The minimum Gasteiger partial charge on any atom is -0.355 e. The van der Waals surface area contributed by atoms with Gasteiger partial charge in [0.15, 0.2) is 0 Å². The predicted octanol–water partition coefficient (Wildman–Crippen LogP) is 4.96. The number of hydrogen-bond donors (Lipinski definition) is 1. The minimum absolute atomic E-state index is 0.107. The molecule has 0 saturated heterocycles. The normalized spacial score (nSPS) is 10.8. The maximum Gasteiger partial charge on any atom is 0.230 e. The van der Waals surface area contributed by atoms with Crippen molar-refractivity contribution in [1.29, 1.82) is 0 Å². The summed E-state index contributed by atoms with van der Waals surface area (Å²) in [5, 5.41) is 3.00. The molecule has 1 amide bonds. The molecule has 0 bridgehead atoms. The Morgan fingerprint density at radius 3 is 2.33 bits per heavy atom. The van der Waals surface area contributed by atoms with Crippen LogP contribution in [0.1, 0.15) is 42.9 Å². The number of aryl methyl sites for hydroxylation is 2. The van der Waals surface area contributed by atoms with E-state index in [4.69, 9.17) is 0 Å². The maximum atomic E-state index is 11.9. The third-order valence-corrected chi connectivity index (χ3v) is 5.01. The minimum atomic E-state index is 0.107. The average Bonchev–Trinajstić information content (AvgIpc) is 2.58. The Morgan fingerprint density at radius 1 is 1.04 bits per heavy atom. The average molecular weight is 342 g/mol. The van der Waals surface area contributed by atoms with Crippen molar-refractivity contribution in [3.8, 4) is 0 Å². The molecule has 0 radical (unpaired) electrons. The van der Waals surface area contributed by atoms with Crippen LogP contribution in [0.2, 0.25) is 0 Å². The van der Waals surface area contributed by atoms with Gasteiger partial charge in [0, 0.05) is 11.4 Å². The standard InChI is InChI=1S/C21H27NOS/c1-16(2)19-10-8-18(9-11-19)5-4-14-22-21(23)15-24-20-12-6-17(3)7-13-20/h6-13,16H,4-5,14-15H2,1-3H3,(H,22,23). The molecule has 0 spiro atoms. The van der Waals surface area contributed by atoms with Gasteiger partial charge in [-0.1, -0.05) is 55.8 Å². The Kier molecular flexibility index (Phi) is 7.38. The summed E-state index contributed by atoms with van der Waals surface area (Å²) in [7, 11) is 0. The molecule has 2 nitrogen and oxygen atoms in total. The van der Waals surface area contributed by atoms with Crippen LogP contribution in [0.4, 0.5) is 0 Å². The highest BCUT2D eigenvalue weighted by molar-refractivity contribution is 8.00. The van der Waals surface area contributed by atoms with Crippen molar-refractivity contribution in [2.75, 3.05) is 12.3 Å². The molecule has 24 heavy (non-hydrogen) atoms. The van der Waals surface area contributed by atoms with Gasteiger partial charge in [-0.25, -0.2) is 0 Å². The van der Waals surface area contributed by atoms with E-state index in [9.17, 15) is 4.79 Å². The molecule has 0 aromatic heterocycles. The van der Waals surface area contributed by atoms with E-state index < -0.39 is 0 Å². The molecule has 0 aliphatic carbocycles. The number of thioether (sulfide) groups is 1. The number of hydrogen-bond acceptors (Lipinski definition) is 2. The summed E-state index contributed by atoms with van der Waals surface area (Å²) in [4.78, 5) is 13.0. The Morgan fingerprint density at radius 2 is 1.71 bits per heavy atom. The van der Waals surface area contributed by atoms with Gasteiger partial charge in [-0.3, -0.25) is 4.79 Å². The molecule has 0 heterocycles. The first-order chi connectivity index (χ1) is 11.5. The molecule has 0 aliphatic heterocycles. The van der Waals surface area contributed by atoms with Crippen LogP contribution in [-0.2, 0) is 11.2 Å². The summed E-state index contributed by atoms with van der Waals surface area (Å²) in [6.45, 7) is 7.22. The first-order valence-electron chi connectivity index (χ1n) is 8.59. The van der Waals surface area contributed by atoms with Gasteiger partial charge in [0.1, 0.15) is 0 Å². The summed E-state index contributed by atoms with van der Waals surface area (Å²) < 4.78 is 0. The molecule has 0 fully saturated rings. The van der Waals surface area contributed by atoms with E-state index in [1.807, 2.05) is 0 Å². The second kappa shape index (κ2) is 9.53. The third kappa shape index (κ3) is 6.40. The lowest BCUT2D eigenvalue weighted by atomic mass is 10.0. The largest absolute Gasteiger partial charge is 0.355 e. The van der Waals surface area contributed by atoms with Gasteiger partial charge < -0.3 is 5.32 Å². The topological polar surface area (TPSA) is 29.1 Å².